The fraction of sp³-hybridized carbons (Fsp3) is 0.429. The third kappa shape index (κ3) is 4.32. The van der Waals surface area contributed by atoms with E-state index < -0.39 is 5.54 Å². The lowest BCUT2D eigenvalue weighted by molar-refractivity contribution is -0.704. The average Bonchev–Trinajstić information content (AvgIpc) is 3.21. The number of thiophene rings is 1. The van der Waals surface area contributed by atoms with Gasteiger partial charge in [-0.05, 0) is 31.2 Å². The zero-order valence-corrected chi connectivity index (χ0v) is 16.0. The minimum absolute atomic E-state index is 0.0501. The standard InChI is InChI=1S/C21H25N3OS/c1-16(20(25)24-21(15-22)12-6-3-7-13-21)23-19(18-11-8-14-26-18)17-9-4-2-5-10-17/h2,4-5,8-11,14,16,19,23H,3,6-7,12-13H2,1H3,(H,24,25)/p+1/t16-,19-/m0/s1. The number of amides is 1. The minimum atomic E-state index is -0.678. The van der Waals surface area contributed by atoms with E-state index in [1.165, 1.54) is 10.4 Å². The number of nitriles is 1. The molecular formula is C21H26N3OS+. The number of benzene rings is 1. The third-order valence-electron chi connectivity index (χ3n) is 5.19. The van der Waals surface area contributed by atoms with E-state index >= 15 is 0 Å². The Morgan fingerprint density at radius 2 is 1.92 bits per heavy atom. The van der Waals surface area contributed by atoms with Crippen LogP contribution in [0.4, 0.5) is 0 Å². The number of rotatable bonds is 6. The summed E-state index contributed by atoms with van der Waals surface area (Å²) < 4.78 is 0. The molecule has 136 valence electrons. The highest BCUT2D eigenvalue weighted by Crippen LogP contribution is 2.27. The molecule has 3 N–H and O–H groups in total. The zero-order valence-electron chi connectivity index (χ0n) is 15.2. The topological polar surface area (TPSA) is 69.5 Å². The molecule has 5 heteroatoms. The van der Waals surface area contributed by atoms with Crippen molar-refractivity contribution in [2.45, 2.75) is 56.7 Å². The molecule has 4 nitrogen and oxygen atoms in total. The molecule has 0 spiro atoms. The van der Waals surface area contributed by atoms with Crippen LogP contribution in [0.25, 0.3) is 0 Å². The SMILES string of the molecule is C[C@H]([NH2+][C@@H](c1ccccc1)c1cccs1)C(=O)NC1(C#N)CCCCC1. The van der Waals surface area contributed by atoms with E-state index in [1.54, 1.807) is 11.3 Å². The molecule has 1 heterocycles. The molecule has 3 rings (SSSR count). The Bertz CT molecular complexity index is 745. The second-order valence-corrected chi connectivity index (χ2v) is 8.11. The van der Waals surface area contributed by atoms with Crippen LogP contribution < -0.4 is 10.6 Å². The number of nitrogens with one attached hydrogen (secondary N) is 1. The molecule has 1 aromatic heterocycles. The van der Waals surface area contributed by atoms with E-state index in [-0.39, 0.29) is 18.0 Å². The van der Waals surface area contributed by atoms with Gasteiger partial charge in [-0.25, -0.2) is 0 Å². The van der Waals surface area contributed by atoms with Gasteiger partial charge in [0.2, 0.25) is 0 Å². The summed E-state index contributed by atoms with van der Waals surface area (Å²) in [6.45, 7) is 1.92. The van der Waals surface area contributed by atoms with Crippen LogP contribution in [-0.2, 0) is 4.79 Å². The van der Waals surface area contributed by atoms with Gasteiger partial charge in [-0.1, -0.05) is 55.7 Å². The van der Waals surface area contributed by atoms with E-state index in [0.29, 0.717) is 0 Å². The highest BCUT2D eigenvalue weighted by atomic mass is 32.1. The van der Waals surface area contributed by atoms with Gasteiger partial charge in [0.1, 0.15) is 11.6 Å². The summed E-state index contributed by atoms with van der Waals surface area (Å²) in [7, 11) is 0. The summed E-state index contributed by atoms with van der Waals surface area (Å²) in [5, 5.41) is 16.8. The van der Waals surface area contributed by atoms with Gasteiger partial charge in [0.15, 0.2) is 6.04 Å². The number of carbonyl (C=O) groups excluding carboxylic acids is 1. The van der Waals surface area contributed by atoms with Crippen LogP contribution in [0.2, 0.25) is 0 Å². The number of quaternary nitrogens is 1. The molecule has 0 saturated heterocycles. The second-order valence-electron chi connectivity index (χ2n) is 7.13. The van der Waals surface area contributed by atoms with Crippen molar-refractivity contribution in [2.75, 3.05) is 0 Å². The largest absolute Gasteiger partial charge is 0.333 e. The summed E-state index contributed by atoms with van der Waals surface area (Å²) in [5.41, 5.74) is 0.505. The van der Waals surface area contributed by atoms with Crippen molar-refractivity contribution in [1.82, 2.24) is 5.32 Å². The molecule has 0 bridgehead atoms. The predicted octanol–water partition coefficient (Wildman–Crippen LogP) is 3.13. The van der Waals surface area contributed by atoms with Crippen molar-refractivity contribution >= 4 is 17.2 Å². The fourth-order valence-corrected chi connectivity index (χ4v) is 4.48. The Labute approximate surface area is 159 Å². The average molecular weight is 369 g/mol. The first kappa shape index (κ1) is 18.6. The molecule has 1 saturated carbocycles. The monoisotopic (exact) mass is 368 g/mol. The lowest BCUT2D eigenvalue weighted by atomic mass is 9.82. The van der Waals surface area contributed by atoms with E-state index in [0.717, 1.165) is 32.1 Å². The first-order chi connectivity index (χ1) is 12.6. The molecule has 1 amide bonds. The number of nitrogens with zero attached hydrogens (tertiary/aromatic N) is 1. The van der Waals surface area contributed by atoms with E-state index in [1.807, 2.05) is 31.2 Å². The van der Waals surface area contributed by atoms with Gasteiger partial charge < -0.3 is 10.6 Å². The van der Waals surface area contributed by atoms with E-state index in [2.05, 4.69) is 40.3 Å². The van der Waals surface area contributed by atoms with Crippen molar-refractivity contribution in [3.05, 3.63) is 58.3 Å². The first-order valence-electron chi connectivity index (χ1n) is 9.30. The Kier molecular flexibility index (Phi) is 6.08. The molecule has 1 aliphatic carbocycles. The van der Waals surface area contributed by atoms with Crippen LogP contribution in [-0.4, -0.2) is 17.5 Å². The highest BCUT2D eigenvalue weighted by Gasteiger charge is 2.36. The fourth-order valence-electron chi connectivity index (χ4n) is 3.64. The minimum Gasteiger partial charge on any atom is -0.333 e. The van der Waals surface area contributed by atoms with Gasteiger partial charge in [-0.3, -0.25) is 4.79 Å². The maximum Gasteiger partial charge on any atom is 0.279 e. The van der Waals surface area contributed by atoms with Crippen LogP contribution >= 0.6 is 11.3 Å². The normalized spacial score (nSPS) is 18.5. The van der Waals surface area contributed by atoms with Gasteiger partial charge in [0.25, 0.3) is 5.91 Å². The second kappa shape index (κ2) is 8.48. The van der Waals surface area contributed by atoms with Gasteiger partial charge in [-0.2, -0.15) is 5.26 Å². The van der Waals surface area contributed by atoms with Crippen LogP contribution in [0.1, 0.15) is 55.5 Å². The van der Waals surface area contributed by atoms with Gasteiger partial charge in [-0.15, -0.1) is 11.3 Å². The summed E-state index contributed by atoms with van der Waals surface area (Å²) in [4.78, 5) is 14.0. The number of carbonyl (C=O) groups is 1. The van der Waals surface area contributed by atoms with Crippen molar-refractivity contribution in [1.29, 1.82) is 5.26 Å². The molecule has 1 fully saturated rings. The summed E-state index contributed by atoms with van der Waals surface area (Å²) >= 11 is 1.70. The Hall–Kier alpha value is -2.16. The molecule has 2 aromatic rings. The van der Waals surface area contributed by atoms with Gasteiger partial charge in [0.05, 0.1) is 10.9 Å². The summed E-state index contributed by atoms with van der Waals surface area (Å²) in [6, 6.07) is 16.6. The summed E-state index contributed by atoms with van der Waals surface area (Å²) in [5.74, 6) is -0.0501. The number of hydrogen-bond acceptors (Lipinski definition) is 3. The molecule has 0 radical (unpaired) electrons. The Morgan fingerprint density at radius 1 is 1.19 bits per heavy atom. The van der Waals surface area contributed by atoms with Crippen LogP contribution in [0.5, 0.6) is 0 Å². The Balaban J connectivity index is 1.72. The van der Waals surface area contributed by atoms with Crippen LogP contribution in [0.15, 0.2) is 47.8 Å². The molecule has 1 aromatic carbocycles. The molecule has 0 aliphatic heterocycles. The van der Waals surface area contributed by atoms with Gasteiger partial charge >= 0.3 is 0 Å². The lowest BCUT2D eigenvalue weighted by Crippen LogP contribution is -2.93. The van der Waals surface area contributed by atoms with Crippen molar-refractivity contribution in [3.63, 3.8) is 0 Å². The zero-order chi connectivity index (χ0) is 18.4. The van der Waals surface area contributed by atoms with E-state index in [9.17, 15) is 10.1 Å². The third-order valence-corrected chi connectivity index (χ3v) is 6.14. The quantitative estimate of drug-likeness (QED) is 0.822. The van der Waals surface area contributed by atoms with Crippen molar-refractivity contribution in [2.24, 2.45) is 0 Å². The van der Waals surface area contributed by atoms with Crippen LogP contribution in [0, 0.1) is 11.3 Å². The first-order valence-corrected chi connectivity index (χ1v) is 10.2. The highest BCUT2D eigenvalue weighted by molar-refractivity contribution is 7.10. The predicted molar refractivity (Wildman–Crippen MR) is 104 cm³/mol. The van der Waals surface area contributed by atoms with Crippen LogP contribution in [0.3, 0.4) is 0 Å². The molecule has 2 atom stereocenters. The smallest absolute Gasteiger partial charge is 0.279 e. The molecule has 1 aliphatic rings. The number of hydrogen-bond donors (Lipinski definition) is 2. The van der Waals surface area contributed by atoms with Crippen molar-refractivity contribution < 1.29 is 10.1 Å². The van der Waals surface area contributed by atoms with E-state index in [4.69, 9.17) is 0 Å². The maximum absolute atomic E-state index is 12.8. The maximum atomic E-state index is 12.8. The molecular weight excluding hydrogens is 342 g/mol. The molecule has 0 unspecified atom stereocenters. The lowest BCUT2D eigenvalue weighted by Gasteiger charge is -2.32. The summed E-state index contributed by atoms with van der Waals surface area (Å²) in [6.07, 6.45) is 4.68. The van der Waals surface area contributed by atoms with Gasteiger partial charge in [0, 0.05) is 5.56 Å². The molecule has 26 heavy (non-hydrogen) atoms. The Morgan fingerprint density at radius 3 is 2.54 bits per heavy atom. The number of nitrogens with two attached hydrogens (primary N) is 1. The van der Waals surface area contributed by atoms with Crippen molar-refractivity contribution in [3.8, 4) is 6.07 Å².